The Balaban J connectivity index is 1.75. The average molecular weight is 302 g/mol. The molecule has 0 atom stereocenters. The molecular weight excluding hydrogens is 284 g/mol. The van der Waals surface area contributed by atoms with Crippen molar-refractivity contribution in [2.45, 2.75) is 0 Å². The number of aromatic nitrogens is 2. The van der Waals surface area contributed by atoms with E-state index in [0.29, 0.717) is 18.9 Å². The molecule has 0 aliphatic carbocycles. The van der Waals surface area contributed by atoms with Crippen LogP contribution in [0.1, 0.15) is 10.4 Å². The van der Waals surface area contributed by atoms with Gasteiger partial charge in [0, 0.05) is 19.3 Å². The highest BCUT2D eigenvalue weighted by atomic mass is 16.5. The van der Waals surface area contributed by atoms with Crippen molar-refractivity contribution in [3.63, 3.8) is 0 Å². The van der Waals surface area contributed by atoms with E-state index in [1.807, 2.05) is 12.1 Å². The van der Waals surface area contributed by atoms with E-state index in [1.54, 1.807) is 12.4 Å². The highest BCUT2D eigenvalue weighted by Crippen LogP contribution is 2.25. The number of nitrogens with two attached hydrogens (primary N) is 2. The molecule has 22 heavy (non-hydrogen) atoms. The van der Waals surface area contributed by atoms with Crippen molar-refractivity contribution in [1.29, 1.82) is 0 Å². The van der Waals surface area contributed by atoms with Gasteiger partial charge in [-0.3, -0.25) is 4.79 Å². The number of nitrogen functional groups attached to an aromatic ring is 1. The SMILES string of the molecule is NC(=O)c1c(Nc2ccc(N3CCOCC3)nc2)c[nH]c1N. The van der Waals surface area contributed by atoms with Gasteiger partial charge in [0.25, 0.3) is 5.91 Å². The molecule has 2 aromatic rings. The van der Waals surface area contributed by atoms with Gasteiger partial charge in [-0.05, 0) is 12.1 Å². The first-order chi connectivity index (χ1) is 10.6. The van der Waals surface area contributed by atoms with Crippen LogP contribution in [0.3, 0.4) is 0 Å². The fourth-order valence-corrected chi connectivity index (χ4v) is 2.40. The Morgan fingerprint density at radius 2 is 2.14 bits per heavy atom. The Kier molecular flexibility index (Phi) is 3.84. The van der Waals surface area contributed by atoms with Crippen molar-refractivity contribution in [3.05, 3.63) is 30.1 Å². The predicted molar refractivity (Wildman–Crippen MR) is 84.3 cm³/mol. The zero-order valence-electron chi connectivity index (χ0n) is 12.0. The molecule has 2 aromatic heterocycles. The number of ether oxygens (including phenoxy) is 1. The Labute approximate surface area is 127 Å². The van der Waals surface area contributed by atoms with Gasteiger partial charge < -0.3 is 31.4 Å². The summed E-state index contributed by atoms with van der Waals surface area (Å²) in [5, 5.41) is 3.09. The van der Waals surface area contributed by atoms with Crippen molar-refractivity contribution >= 4 is 28.9 Å². The van der Waals surface area contributed by atoms with Gasteiger partial charge in [-0.2, -0.15) is 0 Å². The minimum atomic E-state index is -0.584. The fraction of sp³-hybridized carbons (Fsp3) is 0.286. The molecule has 1 aliphatic rings. The number of H-pyrrole nitrogens is 1. The van der Waals surface area contributed by atoms with Gasteiger partial charge in [-0.25, -0.2) is 4.98 Å². The average Bonchev–Trinajstić information content (AvgIpc) is 2.90. The van der Waals surface area contributed by atoms with E-state index in [4.69, 9.17) is 16.2 Å². The lowest BCUT2D eigenvalue weighted by molar-refractivity contribution is 0.100. The second-order valence-corrected chi connectivity index (χ2v) is 4.98. The molecule has 1 fully saturated rings. The number of hydrogen-bond donors (Lipinski definition) is 4. The van der Waals surface area contributed by atoms with Crippen LogP contribution in [0.15, 0.2) is 24.5 Å². The fourth-order valence-electron chi connectivity index (χ4n) is 2.40. The maximum atomic E-state index is 11.4. The van der Waals surface area contributed by atoms with Crippen LogP contribution in [-0.4, -0.2) is 42.2 Å². The highest BCUT2D eigenvalue weighted by molar-refractivity contribution is 6.03. The second-order valence-electron chi connectivity index (χ2n) is 4.98. The number of carbonyl (C=O) groups is 1. The van der Waals surface area contributed by atoms with E-state index in [-0.39, 0.29) is 11.4 Å². The quantitative estimate of drug-likeness (QED) is 0.658. The molecule has 1 saturated heterocycles. The minimum Gasteiger partial charge on any atom is -0.385 e. The molecule has 8 nitrogen and oxygen atoms in total. The van der Waals surface area contributed by atoms with Crippen molar-refractivity contribution < 1.29 is 9.53 Å². The summed E-state index contributed by atoms with van der Waals surface area (Å²) in [7, 11) is 0. The lowest BCUT2D eigenvalue weighted by atomic mass is 10.2. The number of rotatable bonds is 4. The van der Waals surface area contributed by atoms with E-state index in [2.05, 4.69) is 20.2 Å². The van der Waals surface area contributed by atoms with Crippen molar-refractivity contribution in [3.8, 4) is 0 Å². The predicted octanol–water partition coefficient (Wildman–Crippen LogP) is 0.671. The maximum absolute atomic E-state index is 11.4. The molecule has 0 aromatic carbocycles. The largest absolute Gasteiger partial charge is 0.385 e. The molecule has 6 N–H and O–H groups in total. The van der Waals surface area contributed by atoms with Crippen LogP contribution in [0, 0.1) is 0 Å². The summed E-state index contributed by atoms with van der Waals surface area (Å²) in [6.45, 7) is 3.10. The third kappa shape index (κ3) is 2.82. The monoisotopic (exact) mass is 302 g/mol. The van der Waals surface area contributed by atoms with Crippen molar-refractivity contribution in [2.24, 2.45) is 5.73 Å². The van der Waals surface area contributed by atoms with Crippen LogP contribution in [0.25, 0.3) is 0 Å². The summed E-state index contributed by atoms with van der Waals surface area (Å²) in [4.78, 5) is 20.8. The van der Waals surface area contributed by atoms with E-state index in [9.17, 15) is 4.79 Å². The minimum absolute atomic E-state index is 0.243. The number of carbonyl (C=O) groups excluding carboxylic acids is 1. The van der Waals surface area contributed by atoms with Crippen LogP contribution in [-0.2, 0) is 4.74 Å². The summed E-state index contributed by atoms with van der Waals surface area (Å²) in [5.41, 5.74) is 12.5. The molecule has 0 radical (unpaired) electrons. The summed E-state index contributed by atoms with van der Waals surface area (Å²) in [6.07, 6.45) is 3.31. The number of nitrogens with one attached hydrogen (secondary N) is 2. The van der Waals surface area contributed by atoms with Gasteiger partial charge in [0.15, 0.2) is 0 Å². The Bertz CT molecular complexity index is 660. The number of primary amides is 1. The normalized spacial score (nSPS) is 14.8. The van der Waals surface area contributed by atoms with Crippen molar-refractivity contribution in [1.82, 2.24) is 9.97 Å². The summed E-state index contributed by atoms with van der Waals surface area (Å²) < 4.78 is 5.32. The Hall–Kier alpha value is -2.74. The molecule has 0 spiro atoms. The van der Waals surface area contributed by atoms with Crippen LogP contribution in [0.5, 0.6) is 0 Å². The van der Waals surface area contributed by atoms with E-state index >= 15 is 0 Å². The summed E-state index contributed by atoms with van der Waals surface area (Å²) in [5.74, 6) is 0.560. The van der Waals surface area contributed by atoms with E-state index in [0.717, 1.165) is 24.6 Å². The van der Waals surface area contributed by atoms with Gasteiger partial charge in [0.2, 0.25) is 0 Å². The molecule has 3 rings (SSSR count). The number of hydrogen-bond acceptors (Lipinski definition) is 6. The molecule has 1 aliphatic heterocycles. The number of aromatic amines is 1. The number of morpholine rings is 1. The zero-order chi connectivity index (χ0) is 15.5. The number of nitrogens with zero attached hydrogens (tertiary/aromatic N) is 2. The summed E-state index contributed by atoms with van der Waals surface area (Å²) in [6, 6.07) is 3.82. The first kappa shape index (κ1) is 14.2. The van der Waals surface area contributed by atoms with Crippen molar-refractivity contribution in [2.75, 3.05) is 42.3 Å². The topological polar surface area (TPSA) is 122 Å². The molecule has 116 valence electrons. The standard InChI is InChI=1S/C14H18N6O2/c15-13-12(14(16)21)10(8-18-13)19-9-1-2-11(17-7-9)20-3-5-22-6-4-20/h1-2,7-8,18-19H,3-6,15H2,(H2,16,21). The van der Waals surface area contributed by atoms with Gasteiger partial charge in [-0.1, -0.05) is 0 Å². The molecule has 0 bridgehead atoms. The maximum Gasteiger partial charge on any atom is 0.254 e. The third-order valence-corrected chi connectivity index (χ3v) is 3.52. The number of amides is 1. The third-order valence-electron chi connectivity index (χ3n) is 3.52. The molecule has 3 heterocycles. The molecular formula is C14H18N6O2. The number of pyridine rings is 1. The van der Waals surface area contributed by atoms with E-state index in [1.165, 1.54) is 0 Å². The van der Waals surface area contributed by atoms with Crippen LogP contribution < -0.4 is 21.7 Å². The Morgan fingerprint density at radius 1 is 1.36 bits per heavy atom. The number of anilines is 4. The van der Waals surface area contributed by atoms with Crippen LogP contribution in [0.4, 0.5) is 23.0 Å². The lowest BCUT2D eigenvalue weighted by Gasteiger charge is -2.27. The smallest absolute Gasteiger partial charge is 0.254 e. The molecule has 1 amide bonds. The van der Waals surface area contributed by atoms with Gasteiger partial charge >= 0.3 is 0 Å². The van der Waals surface area contributed by atoms with Gasteiger partial charge in [0.1, 0.15) is 17.2 Å². The van der Waals surface area contributed by atoms with Gasteiger partial charge in [0.05, 0.1) is 30.8 Å². The second kappa shape index (κ2) is 5.94. The van der Waals surface area contributed by atoms with Crippen LogP contribution >= 0.6 is 0 Å². The van der Waals surface area contributed by atoms with Crippen LogP contribution in [0.2, 0.25) is 0 Å². The Morgan fingerprint density at radius 3 is 2.77 bits per heavy atom. The summed E-state index contributed by atoms with van der Waals surface area (Å²) >= 11 is 0. The first-order valence-corrected chi connectivity index (χ1v) is 6.97. The molecule has 8 heteroatoms. The van der Waals surface area contributed by atoms with E-state index < -0.39 is 5.91 Å². The molecule has 0 saturated carbocycles. The zero-order valence-corrected chi connectivity index (χ0v) is 12.0. The molecule has 0 unspecified atom stereocenters. The lowest BCUT2D eigenvalue weighted by Crippen LogP contribution is -2.36. The van der Waals surface area contributed by atoms with Gasteiger partial charge in [-0.15, -0.1) is 0 Å². The first-order valence-electron chi connectivity index (χ1n) is 6.97. The highest BCUT2D eigenvalue weighted by Gasteiger charge is 2.15.